The van der Waals surface area contributed by atoms with Crippen molar-refractivity contribution in [3.63, 3.8) is 0 Å². The van der Waals surface area contributed by atoms with E-state index >= 15 is 0 Å². The lowest BCUT2D eigenvalue weighted by Crippen LogP contribution is -2.34. The maximum atomic E-state index is 7.78. The summed E-state index contributed by atoms with van der Waals surface area (Å²) in [4.78, 5) is 2.30. The van der Waals surface area contributed by atoms with Crippen molar-refractivity contribution >= 4 is 5.84 Å². The van der Waals surface area contributed by atoms with E-state index in [9.17, 15) is 0 Å². The minimum absolute atomic E-state index is 0.524. The second kappa shape index (κ2) is 3.32. The molecule has 1 heterocycles. The summed E-state index contributed by atoms with van der Waals surface area (Å²) in [7, 11) is 0. The van der Waals surface area contributed by atoms with Gasteiger partial charge in [0.2, 0.25) is 0 Å². The Labute approximate surface area is 80.8 Å². The zero-order valence-corrected chi connectivity index (χ0v) is 8.60. The Kier molecular flexibility index (Phi) is 2.31. The second-order valence-corrected chi connectivity index (χ2v) is 4.99. The van der Waals surface area contributed by atoms with Crippen molar-refractivity contribution in [2.24, 2.45) is 5.41 Å². The van der Waals surface area contributed by atoms with Crippen molar-refractivity contribution in [3.05, 3.63) is 0 Å². The summed E-state index contributed by atoms with van der Waals surface area (Å²) in [6, 6.07) is 0. The van der Waals surface area contributed by atoms with Gasteiger partial charge in [-0.05, 0) is 24.7 Å². The van der Waals surface area contributed by atoms with Gasteiger partial charge in [-0.25, -0.2) is 0 Å². The highest BCUT2D eigenvalue weighted by Gasteiger charge is 2.32. The molecule has 1 N–H and O–H groups in total. The molecule has 1 saturated carbocycles. The molecule has 0 amide bonds. The average molecular weight is 180 g/mol. The van der Waals surface area contributed by atoms with Crippen molar-refractivity contribution < 1.29 is 0 Å². The molecular formula is C11H20N2. The number of hydrogen-bond donors (Lipinski definition) is 1. The fraction of sp³-hybridized carbons (Fsp3) is 0.909. The van der Waals surface area contributed by atoms with E-state index in [1.54, 1.807) is 0 Å². The first-order valence-corrected chi connectivity index (χ1v) is 5.52. The molecule has 1 aliphatic carbocycles. The third kappa shape index (κ3) is 1.87. The maximum absolute atomic E-state index is 7.78. The smallest absolute Gasteiger partial charge is 0.0958 e. The van der Waals surface area contributed by atoms with Gasteiger partial charge < -0.3 is 4.90 Å². The summed E-state index contributed by atoms with van der Waals surface area (Å²) in [6.45, 7) is 4.67. The van der Waals surface area contributed by atoms with E-state index in [1.165, 1.54) is 32.1 Å². The lowest BCUT2D eigenvalue weighted by molar-refractivity contribution is 0.244. The minimum atomic E-state index is 0.524. The fourth-order valence-electron chi connectivity index (χ4n) is 2.75. The summed E-state index contributed by atoms with van der Waals surface area (Å²) in [6.07, 6.45) is 7.76. The molecule has 0 aromatic rings. The predicted octanol–water partition coefficient (Wildman–Crippen LogP) is 2.64. The number of nitrogens with zero attached hydrogens (tertiary/aromatic N) is 1. The monoisotopic (exact) mass is 180 g/mol. The van der Waals surface area contributed by atoms with Crippen LogP contribution in [-0.4, -0.2) is 23.8 Å². The molecule has 1 aliphatic heterocycles. The summed E-state index contributed by atoms with van der Waals surface area (Å²) in [5.41, 5.74) is 0.524. The first-order chi connectivity index (χ1) is 6.20. The van der Waals surface area contributed by atoms with Crippen LogP contribution in [0, 0.1) is 10.8 Å². The molecule has 2 fully saturated rings. The van der Waals surface area contributed by atoms with Crippen molar-refractivity contribution in [3.8, 4) is 0 Å². The zero-order chi connectivity index (χ0) is 9.31. The van der Waals surface area contributed by atoms with Gasteiger partial charge >= 0.3 is 0 Å². The molecule has 0 unspecified atom stereocenters. The summed E-state index contributed by atoms with van der Waals surface area (Å²) in [5, 5.41) is 7.78. The molecule has 2 rings (SSSR count). The first kappa shape index (κ1) is 9.04. The van der Waals surface area contributed by atoms with Crippen LogP contribution in [0.5, 0.6) is 0 Å². The molecule has 0 aromatic heterocycles. The Hall–Kier alpha value is -0.530. The van der Waals surface area contributed by atoms with Crippen molar-refractivity contribution in [1.82, 2.24) is 4.90 Å². The van der Waals surface area contributed by atoms with E-state index in [0.29, 0.717) is 5.41 Å². The van der Waals surface area contributed by atoms with Crippen LogP contribution in [0.1, 0.15) is 45.4 Å². The van der Waals surface area contributed by atoms with Crippen LogP contribution in [0.4, 0.5) is 0 Å². The SMILES string of the molecule is CC1(CN2CCCC2=N)CCCC1. The average Bonchev–Trinajstić information content (AvgIpc) is 2.64. The van der Waals surface area contributed by atoms with Gasteiger partial charge in [0.25, 0.3) is 0 Å². The van der Waals surface area contributed by atoms with E-state index < -0.39 is 0 Å². The van der Waals surface area contributed by atoms with Crippen LogP contribution in [-0.2, 0) is 0 Å². The van der Waals surface area contributed by atoms with Gasteiger partial charge in [-0.15, -0.1) is 0 Å². The second-order valence-electron chi connectivity index (χ2n) is 4.99. The Morgan fingerprint density at radius 1 is 1.31 bits per heavy atom. The fourth-order valence-corrected chi connectivity index (χ4v) is 2.75. The van der Waals surface area contributed by atoms with E-state index in [1.807, 2.05) is 0 Å². The molecule has 1 saturated heterocycles. The van der Waals surface area contributed by atoms with Crippen LogP contribution < -0.4 is 0 Å². The zero-order valence-electron chi connectivity index (χ0n) is 8.60. The quantitative estimate of drug-likeness (QED) is 0.695. The van der Waals surface area contributed by atoms with E-state index in [4.69, 9.17) is 5.41 Å². The molecule has 0 bridgehead atoms. The van der Waals surface area contributed by atoms with Crippen LogP contribution in [0.3, 0.4) is 0 Å². The molecule has 13 heavy (non-hydrogen) atoms. The molecule has 2 aliphatic rings. The third-order valence-corrected chi connectivity index (χ3v) is 3.61. The van der Waals surface area contributed by atoms with Crippen LogP contribution in [0.2, 0.25) is 0 Å². The molecule has 0 radical (unpaired) electrons. The topological polar surface area (TPSA) is 27.1 Å². The van der Waals surface area contributed by atoms with Gasteiger partial charge in [0.15, 0.2) is 0 Å². The summed E-state index contributed by atoms with van der Waals surface area (Å²) >= 11 is 0. The minimum Gasteiger partial charge on any atom is -0.360 e. The normalized spacial score (nSPS) is 27.2. The first-order valence-electron chi connectivity index (χ1n) is 5.52. The molecular weight excluding hydrogens is 160 g/mol. The highest BCUT2D eigenvalue weighted by Crippen LogP contribution is 2.38. The molecule has 0 aromatic carbocycles. The van der Waals surface area contributed by atoms with Gasteiger partial charge in [-0.2, -0.15) is 0 Å². The number of rotatable bonds is 2. The Morgan fingerprint density at radius 2 is 2.00 bits per heavy atom. The van der Waals surface area contributed by atoms with Crippen LogP contribution in [0.15, 0.2) is 0 Å². The van der Waals surface area contributed by atoms with E-state index in [0.717, 1.165) is 25.3 Å². The maximum Gasteiger partial charge on any atom is 0.0958 e. The number of likely N-dealkylation sites (tertiary alicyclic amines) is 1. The third-order valence-electron chi connectivity index (χ3n) is 3.61. The van der Waals surface area contributed by atoms with Crippen LogP contribution in [0.25, 0.3) is 0 Å². The van der Waals surface area contributed by atoms with E-state index in [-0.39, 0.29) is 0 Å². The Balaban J connectivity index is 1.92. The van der Waals surface area contributed by atoms with Crippen molar-refractivity contribution in [1.29, 1.82) is 5.41 Å². The molecule has 0 atom stereocenters. The van der Waals surface area contributed by atoms with Gasteiger partial charge in [-0.1, -0.05) is 19.8 Å². The van der Waals surface area contributed by atoms with Gasteiger partial charge in [-0.3, -0.25) is 5.41 Å². The van der Waals surface area contributed by atoms with Gasteiger partial charge in [0.1, 0.15) is 0 Å². The van der Waals surface area contributed by atoms with Gasteiger partial charge in [0, 0.05) is 19.5 Å². The van der Waals surface area contributed by atoms with Gasteiger partial charge in [0.05, 0.1) is 5.84 Å². The molecule has 0 spiro atoms. The largest absolute Gasteiger partial charge is 0.360 e. The number of hydrogen-bond acceptors (Lipinski definition) is 1. The highest BCUT2D eigenvalue weighted by atomic mass is 15.2. The highest BCUT2D eigenvalue weighted by molar-refractivity contribution is 5.80. The Morgan fingerprint density at radius 3 is 2.54 bits per heavy atom. The molecule has 2 nitrogen and oxygen atoms in total. The van der Waals surface area contributed by atoms with Crippen molar-refractivity contribution in [2.75, 3.05) is 13.1 Å². The number of amidine groups is 1. The lowest BCUT2D eigenvalue weighted by atomic mass is 9.88. The molecule has 2 heteroatoms. The van der Waals surface area contributed by atoms with Crippen molar-refractivity contribution in [2.45, 2.75) is 45.4 Å². The summed E-state index contributed by atoms with van der Waals surface area (Å²) < 4.78 is 0. The van der Waals surface area contributed by atoms with Crippen LogP contribution >= 0.6 is 0 Å². The predicted molar refractivity (Wildman–Crippen MR) is 55.1 cm³/mol. The summed E-state index contributed by atoms with van der Waals surface area (Å²) in [5.74, 6) is 0.883. The lowest BCUT2D eigenvalue weighted by Gasteiger charge is -2.30. The number of nitrogens with one attached hydrogen (secondary N) is 1. The molecule has 74 valence electrons. The van der Waals surface area contributed by atoms with E-state index in [2.05, 4.69) is 11.8 Å². The Bertz CT molecular complexity index is 204. The standard InChI is InChI=1S/C11H20N2/c1-11(6-2-3-7-11)9-13-8-4-5-10(13)12/h12H,2-9H2,1H3.